The third-order valence-electron chi connectivity index (χ3n) is 4.05. The Morgan fingerprint density at radius 1 is 1.20 bits per heavy atom. The number of benzene rings is 1. The molecule has 0 saturated carbocycles. The molecular weight excluding hydrogens is 329 g/mol. The van der Waals surface area contributed by atoms with Crippen LogP contribution in [0.2, 0.25) is 0 Å². The molecule has 2 heterocycles. The fourth-order valence-electron chi connectivity index (χ4n) is 2.67. The van der Waals surface area contributed by atoms with E-state index in [1.54, 1.807) is 43.3 Å². The molecule has 0 aliphatic carbocycles. The van der Waals surface area contributed by atoms with Gasteiger partial charge in [0.05, 0.1) is 5.56 Å². The lowest BCUT2D eigenvalue weighted by molar-refractivity contribution is -0.140. The number of rotatable bonds is 4. The van der Waals surface area contributed by atoms with Crippen LogP contribution in [-0.2, 0) is 6.18 Å². The molecule has 0 bridgehead atoms. The molecule has 132 valence electrons. The minimum atomic E-state index is -4.57. The maximum Gasteiger partial charge on any atom is 0.435 e. The van der Waals surface area contributed by atoms with Gasteiger partial charge in [0.25, 0.3) is 0 Å². The standard InChI is InChI=1S/C18H19F3N4/c1-4-11(2)22-14-10-12(3)23-17-15(13-8-6-5-7-9-13)16(18(19,20)21)24-25(14)17/h5-11,22H,4H2,1-3H3. The Labute approximate surface area is 143 Å². The minimum Gasteiger partial charge on any atom is -0.367 e. The first-order valence-corrected chi connectivity index (χ1v) is 8.10. The molecule has 3 aromatic rings. The van der Waals surface area contributed by atoms with E-state index in [1.807, 2.05) is 13.8 Å². The zero-order chi connectivity index (χ0) is 18.2. The van der Waals surface area contributed by atoms with Crippen LogP contribution in [0.5, 0.6) is 0 Å². The van der Waals surface area contributed by atoms with E-state index >= 15 is 0 Å². The first kappa shape index (κ1) is 17.3. The number of hydrogen-bond donors (Lipinski definition) is 1. The third kappa shape index (κ3) is 3.31. The Balaban J connectivity index is 2.33. The molecule has 0 saturated heterocycles. The van der Waals surface area contributed by atoms with Gasteiger partial charge >= 0.3 is 6.18 Å². The van der Waals surface area contributed by atoms with Crippen LogP contribution in [-0.4, -0.2) is 20.6 Å². The van der Waals surface area contributed by atoms with E-state index in [9.17, 15) is 13.2 Å². The summed E-state index contributed by atoms with van der Waals surface area (Å²) in [6, 6.07) is 10.2. The van der Waals surface area contributed by atoms with Crippen molar-refractivity contribution in [3.63, 3.8) is 0 Å². The average molecular weight is 348 g/mol. The van der Waals surface area contributed by atoms with Gasteiger partial charge in [-0.15, -0.1) is 0 Å². The molecule has 4 nitrogen and oxygen atoms in total. The number of nitrogens with zero attached hydrogens (tertiary/aromatic N) is 3. The summed E-state index contributed by atoms with van der Waals surface area (Å²) >= 11 is 0. The van der Waals surface area contributed by atoms with Crippen LogP contribution in [0, 0.1) is 6.92 Å². The van der Waals surface area contributed by atoms with Crippen LogP contribution in [0.15, 0.2) is 36.4 Å². The van der Waals surface area contributed by atoms with Crippen molar-refractivity contribution in [2.45, 2.75) is 39.4 Å². The van der Waals surface area contributed by atoms with Gasteiger partial charge < -0.3 is 5.32 Å². The van der Waals surface area contributed by atoms with Crippen LogP contribution in [0.25, 0.3) is 16.8 Å². The first-order valence-electron chi connectivity index (χ1n) is 8.10. The molecule has 1 atom stereocenters. The first-order chi connectivity index (χ1) is 11.8. The number of alkyl halides is 3. The maximum absolute atomic E-state index is 13.6. The Kier molecular flexibility index (Phi) is 4.41. The highest BCUT2D eigenvalue weighted by Crippen LogP contribution is 2.39. The lowest BCUT2D eigenvalue weighted by atomic mass is 10.1. The van der Waals surface area contributed by atoms with E-state index in [4.69, 9.17) is 0 Å². The van der Waals surface area contributed by atoms with Crippen molar-refractivity contribution in [2.75, 3.05) is 5.32 Å². The van der Waals surface area contributed by atoms with E-state index in [0.29, 0.717) is 17.1 Å². The van der Waals surface area contributed by atoms with E-state index in [1.165, 1.54) is 4.52 Å². The summed E-state index contributed by atoms with van der Waals surface area (Å²) in [5.41, 5.74) is 0.346. The quantitative estimate of drug-likeness (QED) is 0.727. The molecule has 0 amide bonds. The van der Waals surface area contributed by atoms with Crippen molar-refractivity contribution in [1.29, 1.82) is 0 Å². The van der Waals surface area contributed by atoms with E-state index in [2.05, 4.69) is 15.4 Å². The molecule has 2 aromatic heterocycles. The van der Waals surface area contributed by atoms with Crippen molar-refractivity contribution >= 4 is 11.5 Å². The predicted octanol–water partition coefficient (Wildman–Crippen LogP) is 4.93. The number of aryl methyl sites for hydroxylation is 1. The maximum atomic E-state index is 13.6. The predicted molar refractivity (Wildman–Crippen MR) is 91.5 cm³/mol. The molecular formula is C18H19F3N4. The summed E-state index contributed by atoms with van der Waals surface area (Å²) in [6.45, 7) is 5.73. The molecule has 7 heteroatoms. The number of fused-ring (bicyclic) bond motifs is 1. The highest BCUT2D eigenvalue weighted by atomic mass is 19.4. The highest BCUT2D eigenvalue weighted by Gasteiger charge is 2.39. The second-order valence-electron chi connectivity index (χ2n) is 6.06. The normalized spacial score (nSPS) is 13.2. The zero-order valence-electron chi connectivity index (χ0n) is 14.2. The summed E-state index contributed by atoms with van der Waals surface area (Å²) < 4.78 is 42.1. The van der Waals surface area contributed by atoms with Crippen molar-refractivity contribution in [3.8, 4) is 11.1 Å². The van der Waals surface area contributed by atoms with Crippen molar-refractivity contribution < 1.29 is 13.2 Å². The topological polar surface area (TPSA) is 42.2 Å². The fourth-order valence-corrected chi connectivity index (χ4v) is 2.67. The lowest BCUT2D eigenvalue weighted by Crippen LogP contribution is -2.17. The monoisotopic (exact) mass is 348 g/mol. The Morgan fingerprint density at radius 3 is 2.48 bits per heavy atom. The summed E-state index contributed by atoms with van der Waals surface area (Å²) in [5, 5.41) is 7.07. The fraction of sp³-hybridized carbons (Fsp3) is 0.333. The smallest absolute Gasteiger partial charge is 0.367 e. The van der Waals surface area contributed by atoms with Crippen LogP contribution in [0.1, 0.15) is 31.7 Å². The van der Waals surface area contributed by atoms with Crippen LogP contribution >= 0.6 is 0 Å². The third-order valence-corrected chi connectivity index (χ3v) is 4.05. The molecule has 0 spiro atoms. The van der Waals surface area contributed by atoms with Crippen LogP contribution < -0.4 is 5.32 Å². The summed E-state index contributed by atoms with van der Waals surface area (Å²) in [5.74, 6) is 0.504. The van der Waals surface area contributed by atoms with Crippen molar-refractivity contribution in [2.24, 2.45) is 0 Å². The number of aromatic nitrogens is 3. The molecule has 25 heavy (non-hydrogen) atoms. The number of anilines is 1. The average Bonchev–Trinajstić information content (AvgIpc) is 2.95. The Morgan fingerprint density at radius 2 is 1.88 bits per heavy atom. The number of hydrogen-bond acceptors (Lipinski definition) is 3. The van der Waals surface area contributed by atoms with Gasteiger partial charge in [-0.25, -0.2) is 4.98 Å². The van der Waals surface area contributed by atoms with E-state index in [-0.39, 0.29) is 17.3 Å². The number of nitrogens with one attached hydrogen (secondary N) is 1. The second kappa shape index (κ2) is 6.38. The SMILES string of the molecule is CCC(C)Nc1cc(C)nc2c(-c3ccccc3)c(C(F)(F)F)nn12. The molecule has 0 fully saturated rings. The molecule has 1 N–H and O–H groups in total. The van der Waals surface area contributed by atoms with Gasteiger partial charge in [0, 0.05) is 17.8 Å². The van der Waals surface area contributed by atoms with Gasteiger partial charge in [-0.1, -0.05) is 37.3 Å². The van der Waals surface area contributed by atoms with Gasteiger partial charge in [0.15, 0.2) is 11.3 Å². The van der Waals surface area contributed by atoms with E-state index < -0.39 is 11.9 Å². The van der Waals surface area contributed by atoms with Gasteiger partial charge in [0.2, 0.25) is 0 Å². The Hall–Kier alpha value is -2.57. The van der Waals surface area contributed by atoms with Crippen molar-refractivity contribution in [1.82, 2.24) is 14.6 Å². The van der Waals surface area contributed by atoms with Gasteiger partial charge in [-0.2, -0.15) is 22.8 Å². The molecule has 3 rings (SSSR count). The molecule has 1 aromatic carbocycles. The molecule has 0 radical (unpaired) electrons. The zero-order valence-corrected chi connectivity index (χ0v) is 14.2. The van der Waals surface area contributed by atoms with Gasteiger partial charge in [-0.3, -0.25) is 0 Å². The van der Waals surface area contributed by atoms with Gasteiger partial charge in [0.1, 0.15) is 5.82 Å². The van der Waals surface area contributed by atoms with Gasteiger partial charge in [-0.05, 0) is 25.8 Å². The van der Waals surface area contributed by atoms with Crippen LogP contribution in [0.3, 0.4) is 0 Å². The molecule has 0 aliphatic heterocycles. The van der Waals surface area contributed by atoms with E-state index in [0.717, 1.165) is 6.42 Å². The molecule has 1 unspecified atom stereocenters. The van der Waals surface area contributed by atoms with Crippen LogP contribution in [0.4, 0.5) is 19.0 Å². The second-order valence-corrected chi connectivity index (χ2v) is 6.06. The Bertz CT molecular complexity index is 885. The highest BCUT2D eigenvalue weighted by molar-refractivity contribution is 5.81. The lowest BCUT2D eigenvalue weighted by Gasteiger charge is -2.14. The minimum absolute atomic E-state index is 0.00371. The van der Waals surface area contributed by atoms with Crippen molar-refractivity contribution in [3.05, 3.63) is 47.8 Å². The number of halogens is 3. The largest absolute Gasteiger partial charge is 0.435 e. The molecule has 0 aliphatic rings. The summed E-state index contributed by atoms with van der Waals surface area (Å²) in [7, 11) is 0. The summed E-state index contributed by atoms with van der Waals surface area (Å²) in [6.07, 6.45) is -3.73. The summed E-state index contributed by atoms with van der Waals surface area (Å²) in [4.78, 5) is 4.34.